The van der Waals surface area contributed by atoms with Crippen LogP contribution in [0.1, 0.15) is 25.0 Å². The summed E-state index contributed by atoms with van der Waals surface area (Å²) in [5.41, 5.74) is 3.81. The molecule has 1 N–H and O–H groups in total. The number of nitrogens with zero attached hydrogens (tertiary/aromatic N) is 3. The predicted octanol–water partition coefficient (Wildman–Crippen LogP) is 2.31. The second-order valence-corrected chi connectivity index (χ2v) is 6.00. The second kappa shape index (κ2) is 5.99. The van der Waals surface area contributed by atoms with E-state index in [0.717, 1.165) is 60.7 Å². The zero-order valence-corrected chi connectivity index (χ0v) is 13.0. The maximum atomic E-state index is 10.8. The van der Waals surface area contributed by atoms with Crippen LogP contribution in [-0.2, 0) is 11.2 Å². The number of hydroxylamine groups is 1. The molecule has 0 amide bonds. The fourth-order valence-corrected chi connectivity index (χ4v) is 3.43. The van der Waals surface area contributed by atoms with Gasteiger partial charge in [0.2, 0.25) is 6.04 Å². The minimum atomic E-state index is -0.101. The van der Waals surface area contributed by atoms with Crippen molar-refractivity contribution in [3.8, 4) is 0 Å². The molecular weight excluding hydrogens is 290 g/mol. The number of hydrogen-bond acceptors (Lipinski definition) is 4. The number of rotatable bonds is 3. The highest BCUT2D eigenvalue weighted by Crippen LogP contribution is 2.29. The zero-order chi connectivity index (χ0) is 15.6. The number of allylic oxidation sites excluding steroid dienone is 1. The third-order valence-corrected chi connectivity index (χ3v) is 4.54. The largest absolute Gasteiger partial charge is 0.486 e. The van der Waals surface area contributed by atoms with E-state index >= 15 is 0 Å². The molecule has 4 heterocycles. The number of fused-ring (bicyclic) bond motifs is 2. The van der Waals surface area contributed by atoms with Gasteiger partial charge in [-0.15, -0.1) is 0 Å². The lowest BCUT2D eigenvalue weighted by molar-refractivity contribution is -0.794. The van der Waals surface area contributed by atoms with Crippen LogP contribution in [0.5, 0.6) is 0 Å². The van der Waals surface area contributed by atoms with Gasteiger partial charge in [0.05, 0.1) is 5.57 Å². The normalized spacial score (nSPS) is 23.1. The first kappa shape index (κ1) is 14.2. The van der Waals surface area contributed by atoms with Crippen LogP contribution in [0.3, 0.4) is 0 Å². The third-order valence-electron chi connectivity index (χ3n) is 4.54. The van der Waals surface area contributed by atoms with Gasteiger partial charge >= 0.3 is 0 Å². The van der Waals surface area contributed by atoms with Gasteiger partial charge in [-0.1, -0.05) is 6.07 Å². The van der Waals surface area contributed by atoms with Crippen molar-refractivity contribution >= 4 is 11.4 Å². The first-order chi connectivity index (χ1) is 11.3. The summed E-state index contributed by atoms with van der Waals surface area (Å²) in [5, 5.41) is 10.8. The fraction of sp³-hybridized carbons (Fsp3) is 0.389. The molecule has 23 heavy (non-hydrogen) atoms. The topological polar surface area (TPSA) is 57.7 Å². The number of aromatic nitrogens is 1. The molecule has 3 aliphatic heterocycles. The molecule has 3 aliphatic rings. The highest BCUT2D eigenvalue weighted by molar-refractivity contribution is 6.47. The Balaban J connectivity index is 1.67. The van der Waals surface area contributed by atoms with E-state index in [0.29, 0.717) is 6.61 Å². The molecule has 0 aromatic carbocycles. The van der Waals surface area contributed by atoms with Gasteiger partial charge in [-0.05, 0) is 41.9 Å². The minimum absolute atomic E-state index is 0.101. The van der Waals surface area contributed by atoms with Crippen molar-refractivity contribution in [2.75, 3.05) is 13.2 Å². The summed E-state index contributed by atoms with van der Waals surface area (Å²) in [7, 11) is 0. The van der Waals surface area contributed by atoms with Crippen LogP contribution in [0, 0.1) is 0 Å². The van der Waals surface area contributed by atoms with E-state index in [1.165, 1.54) is 4.74 Å². The lowest BCUT2D eigenvalue weighted by atomic mass is 9.90. The Kier molecular flexibility index (Phi) is 3.69. The number of pyridine rings is 1. The Labute approximate surface area is 135 Å². The van der Waals surface area contributed by atoms with E-state index in [2.05, 4.69) is 16.1 Å². The van der Waals surface area contributed by atoms with Crippen LogP contribution in [0.25, 0.3) is 0 Å². The Morgan fingerprint density at radius 3 is 3.17 bits per heavy atom. The number of hydrogen-bond donors (Lipinski definition) is 1. The highest BCUT2D eigenvalue weighted by Gasteiger charge is 2.43. The molecule has 1 aromatic rings. The highest BCUT2D eigenvalue weighted by atomic mass is 16.5. The molecule has 5 nitrogen and oxygen atoms in total. The molecule has 1 atom stereocenters. The average molecular weight is 310 g/mol. The smallest absolute Gasteiger partial charge is 0.257 e. The molecule has 0 bridgehead atoms. The van der Waals surface area contributed by atoms with E-state index in [4.69, 9.17) is 4.74 Å². The van der Waals surface area contributed by atoms with Crippen molar-refractivity contribution in [3.05, 3.63) is 53.6 Å². The van der Waals surface area contributed by atoms with Gasteiger partial charge in [-0.3, -0.25) is 15.2 Å². The van der Waals surface area contributed by atoms with Crippen molar-refractivity contribution < 1.29 is 14.7 Å². The van der Waals surface area contributed by atoms with E-state index in [1.807, 2.05) is 30.5 Å². The average Bonchev–Trinajstić information content (AvgIpc) is 2.63. The standard InChI is InChI=1S/C18H20N3O2/c22-21-15(9-8-13-5-1-2-10-19-13)14-6-4-12-23-18(14)17-16(21)7-3-11-20-17/h1-2,4-6,10,15,22H,3,7-9,11-12H2/q+1. The minimum Gasteiger partial charge on any atom is -0.486 e. The van der Waals surface area contributed by atoms with Crippen LogP contribution in [0.15, 0.2) is 52.9 Å². The molecule has 0 saturated carbocycles. The van der Waals surface area contributed by atoms with Gasteiger partial charge in [0.1, 0.15) is 6.61 Å². The van der Waals surface area contributed by atoms with Gasteiger partial charge < -0.3 is 4.74 Å². The monoisotopic (exact) mass is 310 g/mol. The molecule has 0 radical (unpaired) electrons. The maximum Gasteiger partial charge on any atom is 0.257 e. The summed E-state index contributed by atoms with van der Waals surface area (Å²) in [5.74, 6) is 0.860. The molecule has 0 saturated heterocycles. The predicted molar refractivity (Wildman–Crippen MR) is 87.1 cm³/mol. The summed E-state index contributed by atoms with van der Waals surface area (Å²) in [6, 6.07) is 5.83. The maximum absolute atomic E-state index is 10.8. The second-order valence-electron chi connectivity index (χ2n) is 6.00. The van der Waals surface area contributed by atoms with E-state index in [9.17, 15) is 5.21 Å². The van der Waals surface area contributed by atoms with Gasteiger partial charge in [0.25, 0.3) is 5.71 Å². The summed E-state index contributed by atoms with van der Waals surface area (Å²) in [4.78, 5) is 8.97. The summed E-state index contributed by atoms with van der Waals surface area (Å²) in [6.45, 7) is 1.37. The van der Waals surface area contributed by atoms with Crippen LogP contribution in [0.2, 0.25) is 0 Å². The van der Waals surface area contributed by atoms with Gasteiger partial charge in [-0.25, -0.2) is 0 Å². The summed E-state index contributed by atoms with van der Waals surface area (Å²) in [6.07, 6.45) is 9.29. The van der Waals surface area contributed by atoms with E-state index in [-0.39, 0.29) is 6.04 Å². The molecule has 1 unspecified atom stereocenters. The van der Waals surface area contributed by atoms with Crippen molar-refractivity contribution in [2.45, 2.75) is 31.7 Å². The lowest BCUT2D eigenvalue weighted by Gasteiger charge is -2.27. The summed E-state index contributed by atoms with van der Waals surface area (Å²) < 4.78 is 7.29. The first-order valence-electron chi connectivity index (χ1n) is 8.17. The van der Waals surface area contributed by atoms with Crippen molar-refractivity contribution in [1.29, 1.82) is 0 Å². The number of ether oxygens (including phenoxy) is 1. The number of aliphatic imine (C=N–C) groups is 1. The van der Waals surface area contributed by atoms with Crippen LogP contribution in [0.4, 0.5) is 0 Å². The van der Waals surface area contributed by atoms with Gasteiger partial charge in [0.15, 0.2) is 11.5 Å². The quantitative estimate of drug-likeness (QED) is 0.688. The molecule has 4 rings (SSSR count). The molecule has 1 aromatic heterocycles. The molecule has 5 heteroatoms. The molecular formula is C18H20N3O2+. The number of aryl methyl sites for hydroxylation is 1. The van der Waals surface area contributed by atoms with Crippen molar-refractivity contribution in [2.24, 2.45) is 4.99 Å². The Morgan fingerprint density at radius 2 is 2.30 bits per heavy atom. The summed E-state index contributed by atoms with van der Waals surface area (Å²) >= 11 is 0. The Bertz CT molecular complexity index is 732. The fourth-order valence-electron chi connectivity index (χ4n) is 3.43. The lowest BCUT2D eigenvalue weighted by Crippen LogP contribution is -2.44. The molecule has 118 valence electrons. The third kappa shape index (κ3) is 2.56. The van der Waals surface area contributed by atoms with Crippen LogP contribution in [-0.4, -0.2) is 45.5 Å². The van der Waals surface area contributed by atoms with Crippen LogP contribution < -0.4 is 0 Å². The zero-order valence-electron chi connectivity index (χ0n) is 13.0. The van der Waals surface area contributed by atoms with Crippen molar-refractivity contribution in [3.63, 3.8) is 0 Å². The van der Waals surface area contributed by atoms with E-state index in [1.54, 1.807) is 0 Å². The SMILES string of the molecule is O[N+]1=C2CCCN=C2C2=C(C=CCO2)C1CCc1ccccn1. The van der Waals surface area contributed by atoms with Crippen molar-refractivity contribution in [1.82, 2.24) is 4.98 Å². The molecule has 0 aliphatic carbocycles. The van der Waals surface area contributed by atoms with Gasteiger partial charge in [0, 0.05) is 31.3 Å². The van der Waals surface area contributed by atoms with E-state index < -0.39 is 0 Å². The molecule has 0 spiro atoms. The molecule has 0 fully saturated rings. The Hall–Kier alpha value is -2.43. The van der Waals surface area contributed by atoms with Gasteiger partial charge in [-0.2, -0.15) is 0 Å². The van der Waals surface area contributed by atoms with Crippen LogP contribution >= 0.6 is 0 Å². The first-order valence-corrected chi connectivity index (χ1v) is 8.17. The Morgan fingerprint density at radius 1 is 1.35 bits per heavy atom.